The van der Waals surface area contributed by atoms with E-state index in [0.717, 1.165) is 32.7 Å². The van der Waals surface area contributed by atoms with Crippen LogP contribution < -0.4 is 5.32 Å². The Morgan fingerprint density at radius 2 is 2.00 bits per heavy atom. The summed E-state index contributed by atoms with van der Waals surface area (Å²) in [5.74, 6) is 0. The van der Waals surface area contributed by atoms with Crippen LogP contribution in [0.15, 0.2) is 0 Å². The van der Waals surface area contributed by atoms with Gasteiger partial charge in [-0.3, -0.25) is 4.90 Å². The minimum absolute atomic E-state index is 0.517. The molecule has 0 amide bonds. The van der Waals surface area contributed by atoms with Gasteiger partial charge in [-0.05, 0) is 34.6 Å². The van der Waals surface area contributed by atoms with Crippen LogP contribution in [-0.4, -0.2) is 76.4 Å². The molecule has 1 aliphatic rings. The largest absolute Gasteiger partial charge is 0.380 e. The SMILES string of the molecule is CNC1CCOCC1N(C)CCN(C)C. The second-order valence-electron chi connectivity index (χ2n) is 4.61. The first kappa shape index (κ1) is 12.9. The lowest BCUT2D eigenvalue weighted by atomic mass is 10.0. The summed E-state index contributed by atoms with van der Waals surface area (Å²) in [6.07, 6.45) is 1.12. The third-order valence-electron chi connectivity index (χ3n) is 3.16. The molecule has 0 saturated carbocycles. The van der Waals surface area contributed by atoms with Gasteiger partial charge in [0.25, 0.3) is 0 Å². The van der Waals surface area contributed by atoms with Gasteiger partial charge in [0.05, 0.1) is 6.61 Å². The zero-order valence-electron chi connectivity index (χ0n) is 10.5. The molecule has 0 aromatic heterocycles. The van der Waals surface area contributed by atoms with Crippen molar-refractivity contribution in [2.24, 2.45) is 0 Å². The van der Waals surface area contributed by atoms with Crippen LogP contribution in [0.5, 0.6) is 0 Å². The number of nitrogens with one attached hydrogen (secondary N) is 1. The second kappa shape index (κ2) is 6.43. The molecule has 0 radical (unpaired) electrons. The first-order valence-corrected chi connectivity index (χ1v) is 5.75. The highest BCUT2D eigenvalue weighted by Crippen LogP contribution is 2.12. The van der Waals surface area contributed by atoms with E-state index < -0.39 is 0 Å². The van der Waals surface area contributed by atoms with Gasteiger partial charge in [0, 0.05) is 31.8 Å². The van der Waals surface area contributed by atoms with E-state index >= 15 is 0 Å². The maximum absolute atomic E-state index is 5.55. The monoisotopic (exact) mass is 215 g/mol. The van der Waals surface area contributed by atoms with Gasteiger partial charge in [-0.1, -0.05) is 0 Å². The fraction of sp³-hybridized carbons (Fsp3) is 1.00. The van der Waals surface area contributed by atoms with E-state index in [4.69, 9.17) is 4.74 Å². The van der Waals surface area contributed by atoms with E-state index in [-0.39, 0.29) is 0 Å². The van der Waals surface area contributed by atoms with E-state index in [9.17, 15) is 0 Å². The molecular formula is C11H25N3O. The molecule has 0 aromatic carbocycles. The lowest BCUT2D eigenvalue weighted by Gasteiger charge is -2.38. The topological polar surface area (TPSA) is 27.7 Å². The number of hydrogen-bond donors (Lipinski definition) is 1. The summed E-state index contributed by atoms with van der Waals surface area (Å²) in [6, 6.07) is 1.09. The van der Waals surface area contributed by atoms with Crippen molar-refractivity contribution in [3.05, 3.63) is 0 Å². The van der Waals surface area contributed by atoms with Crippen molar-refractivity contribution in [3.8, 4) is 0 Å². The fourth-order valence-electron chi connectivity index (χ4n) is 2.02. The predicted octanol–water partition coefficient (Wildman–Crippen LogP) is -0.143. The van der Waals surface area contributed by atoms with Crippen molar-refractivity contribution in [2.45, 2.75) is 18.5 Å². The quantitative estimate of drug-likeness (QED) is 0.691. The van der Waals surface area contributed by atoms with E-state index in [1.54, 1.807) is 0 Å². The second-order valence-corrected chi connectivity index (χ2v) is 4.61. The normalized spacial score (nSPS) is 27.6. The predicted molar refractivity (Wildman–Crippen MR) is 63.3 cm³/mol. The van der Waals surface area contributed by atoms with Crippen molar-refractivity contribution < 1.29 is 4.74 Å². The van der Waals surface area contributed by atoms with Crippen molar-refractivity contribution in [3.63, 3.8) is 0 Å². The molecule has 90 valence electrons. The van der Waals surface area contributed by atoms with E-state index in [2.05, 4.69) is 36.3 Å². The van der Waals surface area contributed by atoms with Crippen LogP contribution >= 0.6 is 0 Å². The number of rotatable bonds is 5. The highest BCUT2D eigenvalue weighted by Gasteiger charge is 2.27. The minimum atomic E-state index is 0.517. The fourth-order valence-corrected chi connectivity index (χ4v) is 2.02. The van der Waals surface area contributed by atoms with Crippen LogP contribution in [0.25, 0.3) is 0 Å². The Kier molecular flexibility index (Phi) is 5.53. The van der Waals surface area contributed by atoms with Gasteiger partial charge < -0.3 is 15.0 Å². The zero-order chi connectivity index (χ0) is 11.3. The molecular weight excluding hydrogens is 190 g/mol. The maximum Gasteiger partial charge on any atom is 0.0636 e. The first-order chi connectivity index (χ1) is 7.15. The van der Waals surface area contributed by atoms with Crippen LogP contribution in [0.4, 0.5) is 0 Å². The summed E-state index contributed by atoms with van der Waals surface area (Å²) < 4.78 is 5.55. The number of hydrogen-bond acceptors (Lipinski definition) is 4. The van der Waals surface area contributed by atoms with Crippen LogP contribution in [-0.2, 0) is 4.74 Å². The first-order valence-electron chi connectivity index (χ1n) is 5.75. The van der Waals surface area contributed by atoms with Gasteiger partial charge in [-0.2, -0.15) is 0 Å². The smallest absolute Gasteiger partial charge is 0.0636 e. The summed E-state index contributed by atoms with van der Waals surface area (Å²) in [7, 11) is 8.46. The maximum atomic E-state index is 5.55. The highest BCUT2D eigenvalue weighted by molar-refractivity contribution is 4.85. The summed E-state index contributed by atoms with van der Waals surface area (Å²) >= 11 is 0. The molecule has 0 aliphatic carbocycles. The molecule has 4 nitrogen and oxygen atoms in total. The third-order valence-corrected chi connectivity index (χ3v) is 3.16. The molecule has 0 bridgehead atoms. The van der Waals surface area contributed by atoms with E-state index in [1.165, 1.54) is 0 Å². The average Bonchev–Trinajstić information content (AvgIpc) is 2.25. The molecule has 0 aromatic rings. The van der Waals surface area contributed by atoms with Crippen molar-refractivity contribution in [2.75, 3.05) is 54.5 Å². The lowest BCUT2D eigenvalue weighted by molar-refractivity contribution is 0.00642. The Labute approximate surface area is 93.6 Å². The Bertz CT molecular complexity index is 175. The molecule has 4 heteroatoms. The van der Waals surface area contributed by atoms with Gasteiger partial charge in [0.15, 0.2) is 0 Å². The van der Waals surface area contributed by atoms with Crippen molar-refractivity contribution >= 4 is 0 Å². The standard InChI is InChI=1S/C11H25N3O/c1-12-10-5-8-15-9-11(10)14(4)7-6-13(2)3/h10-12H,5-9H2,1-4H3. The van der Waals surface area contributed by atoms with Crippen LogP contribution in [0, 0.1) is 0 Å². The van der Waals surface area contributed by atoms with Gasteiger partial charge in [-0.25, -0.2) is 0 Å². The summed E-state index contributed by atoms with van der Waals surface area (Å²) in [6.45, 7) is 3.95. The molecule has 1 N–H and O–H groups in total. The molecule has 1 heterocycles. The molecule has 1 aliphatic heterocycles. The van der Waals surface area contributed by atoms with Crippen LogP contribution in [0.3, 0.4) is 0 Å². The molecule has 2 atom stereocenters. The Balaban J connectivity index is 2.37. The van der Waals surface area contributed by atoms with Crippen LogP contribution in [0.2, 0.25) is 0 Å². The zero-order valence-corrected chi connectivity index (χ0v) is 10.5. The molecule has 2 unspecified atom stereocenters. The van der Waals surface area contributed by atoms with E-state index in [0.29, 0.717) is 12.1 Å². The van der Waals surface area contributed by atoms with Crippen molar-refractivity contribution in [1.82, 2.24) is 15.1 Å². The molecule has 1 saturated heterocycles. The van der Waals surface area contributed by atoms with Gasteiger partial charge >= 0.3 is 0 Å². The Morgan fingerprint density at radius 3 is 2.60 bits per heavy atom. The van der Waals surface area contributed by atoms with E-state index in [1.807, 2.05) is 7.05 Å². The number of likely N-dealkylation sites (N-methyl/N-ethyl adjacent to an activating group) is 3. The number of nitrogens with zero attached hydrogens (tertiary/aromatic N) is 2. The Hall–Kier alpha value is -0.160. The Morgan fingerprint density at radius 1 is 1.27 bits per heavy atom. The van der Waals surface area contributed by atoms with Gasteiger partial charge in [0.1, 0.15) is 0 Å². The highest BCUT2D eigenvalue weighted by atomic mass is 16.5. The molecule has 1 rings (SSSR count). The van der Waals surface area contributed by atoms with Gasteiger partial charge in [-0.15, -0.1) is 0 Å². The summed E-state index contributed by atoms with van der Waals surface area (Å²) in [5, 5.41) is 3.39. The minimum Gasteiger partial charge on any atom is -0.380 e. The van der Waals surface area contributed by atoms with Crippen LogP contribution in [0.1, 0.15) is 6.42 Å². The number of ether oxygens (including phenoxy) is 1. The van der Waals surface area contributed by atoms with Gasteiger partial charge in [0.2, 0.25) is 0 Å². The average molecular weight is 215 g/mol. The summed E-state index contributed by atoms with van der Waals surface area (Å²) in [5.41, 5.74) is 0. The third kappa shape index (κ3) is 4.07. The summed E-state index contributed by atoms with van der Waals surface area (Å²) in [4.78, 5) is 4.62. The molecule has 0 spiro atoms. The van der Waals surface area contributed by atoms with Crippen molar-refractivity contribution in [1.29, 1.82) is 0 Å². The molecule has 1 fully saturated rings. The molecule has 15 heavy (non-hydrogen) atoms. The lowest BCUT2D eigenvalue weighted by Crippen LogP contribution is -2.54.